The molecule has 1 rings (SSSR count). The molecule has 1 atom stereocenters. The van der Waals surface area contributed by atoms with E-state index in [1.807, 2.05) is 5.32 Å². The van der Waals surface area contributed by atoms with Gasteiger partial charge in [-0.25, -0.2) is 13.2 Å². The first kappa shape index (κ1) is 16.2. The van der Waals surface area contributed by atoms with E-state index in [0.29, 0.717) is 0 Å². The van der Waals surface area contributed by atoms with Gasteiger partial charge in [0.05, 0.1) is 6.42 Å². The van der Waals surface area contributed by atoms with Gasteiger partial charge in [0.25, 0.3) is 0 Å². The number of carbonyl (C=O) groups is 2. The van der Waals surface area contributed by atoms with Crippen LogP contribution in [0.5, 0.6) is 0 Å². The van der Waals surface area contributed by atoms with Crippen LogP contribution in [-0.2, 0) is 14.9 Å². The van der Waals surface area contributed by atoms with Crippen molar-refractivity contribution in [2.45, 2.75) is 11.8 Å². The molecule has 1 fully saturated rings. The molecular weight excluding hydrogens is 227 g/mol. The van der Waals surface area contributed by atoms with Gasteiger partial charge in [0.15, 0.2) is 0 Å². The molecule has 0 aliphatic carbocycles. The molecule has 8 nitrogen and oxygen atoms in total. The third-order valence-electron chi connectivity index (χ3n) is 1.26. The van der Waals surface area contributed by atoms with E-state index >= 15 is 0 Å². The van der Waals surface area contributed by atoms with Gasteiger partial charge in [0.1, 0.15) is 15.5 Å². The van der Waals surface area contributed by atoms with Crippen LogP contribution in [-0.4, -0.2) is 35.8 Å². The summed E-state index contributed by atoms with van der Waals surface area (Å²) < 4.78 is 31.0. The predicted molar refractivity (Wildman–Crippen MR) is 38.4 cm³/mol. The van der Waals surface area contributed by atoms with Crippen LogP contribution in [0.3, 0.4) is 0 Å². The first-order valence-corrected chi connectivity index (χ1v) is 4.42. The third-order valence-corrected chi connectivity index (χ3v) is 2.25. The maximum Gasteiger partial charge on any atom is 1.00 e. The Bertz CT molecular complexity index is 311. The zero-order valence-corrected chi connectivity index (χ0v) is 10.1. The SMILES string of the molecule is O.O=C1CC(S(=O)(=O)[O-])NC(=O)N1.[Na+]. The molecular formula is C4H7N2NaO6S. The van der Waals surface area contributed by atoms with E-state index in [0.717, 1.165) is 0 Å². The van der Waals surface area contributed by atoms with Crippen molar-refractivity contribution in [2.75, 3.05) is 0 Å². The van der Waals surface area contributed by atoms with E-state index in [4.69, 9.17) is 0 Å². The molecule has 14 heavy (non-hydrogen) atoms. The molecule has 0 aromatic heterocycles. The number of nitrogens with one attached hydrogen (secondary N) is 2. The van der Waals surface area contributed by atoms with E-state index in [9.17, 15) is 22.6 Å². The molecule has 10 heteroatoms. The number of urea groups is 1. The van der Waals surface area contributed by atoms with Crippen LogP contribution >= 0.6 is 0 Å². The van der Waals surface area contributed by atoms with E-state index in [1.165, 1.54) is 0 Å². The van der Waals surface area contributed by atoms with E-state index in [-0.39, 0.29) is 35.0 Å². The Labute approximate surface area is 102 Å². The number of imide groups is 1. The molecule has 1 aliphatic rings. The Morgan fingerprint density at radius 2 is 1.86 bits per heavy atom. The fourth-order valence-corrected chi connectivity index (χ4v) is 1.36. The van der Waals surface area contributed by atoms with Crippen molar-refractivity contribution in [1.82, 2.24) is 10.6 Å². The van der Waals surface area contributed by atoms with Gasteiger partial charge in [0.2, 0.25) is 5.91 Å². The van der Waals surface area contributed by atoms with Crippen molar-refractivity contribution in [3.8, 4) is 0 Å². The summed E-state index contributed by atoms with van der Waals surface area (Å²) in [4.78, 5) is 21.0. The van der Waals surface area contributed by atoms with Crippen LogP contribution in [0.25, 0.3) is 0 Å². The zero-order chi connectivity index (χ0) is 9.35. The Morgan fingerprint density at radius 3 is 2.21 bits per heavy atom. The molecule has 0 radical (unpaired) electrons. The molecule has 0 aromatic rings. The fourth-order valence-electron chi connectivity index (χ4n) is 0.754. The summed E-state index contributed by atoms with van der Waals surface area (Å²) in [6, 6.07) is -0.962. The first-order chi connectivity index (χ1) is 5.39. The van der Waals surface area contributed by atoms with Crippen molar-refractivity contribution in [3.63, 3.8) is 0 Å². The van der Waals surface area contributed by atoms with Crippen molar-refractivity contribution in [3.05, 3.63) is 0 Å². The summed E-state index contributed by atoms with van der Waals surface area (Å²) in [5.41, 5.74) is 0. The van der Waals surface area contributed by atoms with Crippen LogP contribution in [0.4, 0.5) is 4.79 Å². The van der Waals surface area contributed by atoms with Gasteiger partial charge in [-0.2, -0.15) is 0 Å². The second-order valence-electron chi connectivity index (χ2n) is 2.21. The first-order valence-electron chi connectivity index (χ1n) is 2.94. The Kier molecular flexibility index (Phi) is 6.54. The molecule has 1 unspecified atom stereocenters. The number of carbonyl (C=O) groups excluding carboxylic acids is 2. The summed E-state index contributed by atoms with van der Waals surface area (Å²) in [5.74, 6) is -0.775. The van der Waals surface area contributed by atoms with Gasteiger partial charge >= 0.3 is 35.6 Å². The second kappa shape index (κ2) is 5.63. The van der Waals surface area contributed by atoms with Crippen LogP contribution in [0.2, 0.25) is 0 Å². The van der Waals surface area contributed by atoms with Gasteiger partial charge in [-0.15, -0.1) is 0 Å². The normalized spacial score (nSPS) is 21.1. The number of hydrogen-bond acceptors (Lipinski definition) is 5. The molecule has 0 spiro atoms. The fraction of sp³-hybridized carbons (Fsp3) is 0.500. The standard InChI is InChI=1S/C4H6N2O5S.Na.H2O/c7-2-1-3(12(9,10)11)6-4(8)5-2;;/h3H,1H2,(H,9,10,11)(H2,5,6,7,8);;1H2/q;+1;/p-1. The van der Waals surface area contributed by atoms with Crippen LogP contribution < -0.4 is 40.2 Å². The topological polar surface area (TPSA) is 147 Å². The molecule has 0 aromatic carbocycles. The van der Waals surface area contributed by atoms with Crippen LogP contribution in [0.1, 0.15) is 6.42 Å². The van der Waals surface area contributed by atoms with Gasteiger partial charge in [-0.1, -0.05) is 0 Å². The van der Waals surface area contributed by atoms with Gasteiger partial charge < -0.3 is 15.3 Å². The Hall–Kier alpha value is -0.190. The third kappa shape index (κ3) is 4.35. The minimum absolute atomic E-state index is 0. The summed E-state index contributed by atoms with van der Waals surface area (Å²) in [5, 5.41) is 1.96. The Morgan fingerprint density at radius 1 is 1.36 bits per heavy atom. The number of rotatable bonds is 1. The van der Waals surface area contributed by atoms with E-state index in [2.05, 4.69) is 0 Å². The average molecular weight is 234 g/mol. The molecule has 76 valence electrons. The summed E-state index contributed by atoms with van der Waals surface area (Å²) in [6.07, 6.45) is -0.530. The summed E-state index contributed by atoms with van der Waals surface area (Å²) in [6.45, 7) is 0. The van der Waals surface area contributed by atoms with Crippen molar-refractivity contribution >= 4 is 22.1 Å². The molecule has 0 bridgehead atoms. The smallest absolute Gasteiger partial charge is 0.746 e. The van der Waals surface area contributed by atoms with Crippen molar-refractivity contribution in [1.29, 1.82) is 0 Å². The van der Waals surface area contributed by atoms with Crippen molar-refractivity contribution < 1.29 is 57.6 Å². The van der Waals surface area contributed by atoms with E-state index < -0.39 is 33.9 Å². The largest absolute Gasteiger partial charge is 1.00 e. The van der Waals surface area contributed by atoms with Crippen LogP contribution in [0.15, 0.2) is 0 Å². The molecule has 1 aliphatic heterocycles. The molecule has 1 heterocycles. The molecule has 1 saturated heterocycles. The summed E-state index contributed by atoms with van der Waals surface area (Å²) >= 11 is 0. The quantitative estimate of drug-likeness (QED) is 0.342. The van der Waals surface area contributed by atoms with Gasteiger partial charge in [-0.05, 0) is 0 Å². The minimum atomic E-state index is -4.63. The maximum atomic E-state index is 10.6. The van der Waals surface area contributed by atoms with Crippen LogP contribution in [0, 0.1) is 0 Å². The predicted octanol–water partition coefficient (Wildman–Crippen LogP) is -5.73. The number of hydrogen-bond donors (Lipinski definition) is 2. The minimum Gasteiger partial charge on any atom is -0.746 e. The molecule has 0 saturated carbocycles. The second-order valence-corrected chi connectivity index (χ2v) is 3.76. The Balaban J connectivity index is 0. The monoisotopic (exact) mass is 234 g/mol. The van der Waals surface area contributed by atoms with Crippen molar-refractivity contribution in [2.24, 2.45) is 0 Å². The maximum absolute atomic E-state index is 10.6. The average Bonchev–Trinajstić information content (AvgIpc) is 1.82. The van der Waals surface area contributed by atoms with Gasteiger partial charge in [0, 0.05) is 0 Å². The molecule has 3 amide bonds. The summed E-state index contributed by atoms with van der Waals surface area (Å²) in [7, 11) is -4.63. The molecule has 4 N–H and O–H groups in total. The van der Waals surface area contributed by atoms with E-state index in [1.54, 1.807) is 5.32 Å². The van der Waals surface area contributed by atoms with Gasteiger partial charge in [-0.3, -0.25) is 10.1 Å². The number of amides is 3. The zero-order valence-electron chi connectivity index (χ0n) is 7.23.